The Hall–Kier alpha value is -3.19. The Morgan fingerprint density at radius 1 is 1.11 bits per heavy atom. The van der Waals surface area contributed by atoms with Crippen LogP contribution >= 0.6 is 0 Å². The molecule has 7 heteroatoms. The summed E-state index contributed by atoms with van der Waals surface area (Å²) in [6.07, 6.45) is 0.484. The standard InChI is InChI=1S/C21H22N4O3/c26-20(10-9-19-21(27)24-18-4-2-1-3-17(18)23-19)22-15-5-7-16(8-6-15)25-11-13-28-14-12-25/h1-8H,9-14H2,(H,22,26)(H,24,27). The monoisotopic (exact) mass is 378 g/mol. The molecule has 2 aromatic carbocycles. The van der Waals surface area contributed by atoms with Gasteiger partial charge in [0.15, 0.2) is 0 Å². The zero-order valence-electron chi connectivity index (χ0n) is 15.5. The van der Waals surface area contributed by atoms with Crippen molar-refractivity contribution < 1.29 is 9.53 Å². The van der Waals surface area contributed by atoms with Crippen LogP contribution in [-0.4, -0.2) is 42.2 Å². The first kappa shape index (κ1) is 18.2. The summed E-state index contributed by atoms with van der Waals surface area (Å²) in [6, 6.07) is 15.1. The predicted molar refractivity (Wildman–Crippen MR) is 109 cm³/mol. The summed E-state index contributed by atoms with van der Waals surface area (Å²) in [5.41, 5.74) is 3.39. The van der Waals surface area contributed by atoms with Gasteiger partial charge >= 0.3 is 0 Å². The number of amides is 1. The SMILES string of the molecule is O=C(CCc1nc2ccccc2[nH]c1=O)Nc1ccc(N2CCOCC2)cc1. The third-order valence-electron chi connectivity index (χ3n) is 4.79. The van der Waals surface area contributed by atoms with Gasteiger partial charge in [-0.15, -0.1) is 0 Å². The first-order chi connectivity index (χ1) is 13.7. The maximum absolute atomic E-state index is 12.3. The summed E-state index contributed by atoms with van der Waals surface area (Å²) >= 11 is 0. The van der Waals surface area contributed by atoms with Crippen LogP contribution in [0.5, 0.6) is 0 Å². The van der Waals surface area contributed by atoms with Gasteiger partial charge in [-0.3, -0.25) is 9.59 Å². The number of nitrogens with zero attached hydrogens (tertiary/aromatic N) is 2. The summed E-state index contributed by atoms with van der Waals surface area (Å²) in [5.74, 6) is -0.145. The van der Waals surface area contributed by atoms with Gasteiger partial charge < -0.3 is 19.9 Å². The first-order valence-corrected chi connectivity index (χ1v) is 9.39. The molecule has 0 unspecified atom stereocenters. The fourth-order valence-electron chi connectivity index (χ4n) is 3.27. The molecular weight excluding hydrogens is 356 g/mol. The minimum Gasteiger partial charge on any atom is -0.378 e. The number of aromatic nitrogens is 2. The summed E-state index contributed by atoms with van der Waals surface area (Å²) in [5, 5.41) is 2.88. The molecule has 1 amide bonds. The molecule has 1 fully saturated rings. The fourth-order valence-corrected chi connectivity index (χ4v) is 3.27. The number of aromatic amines is 1. The average molecular weight is 378 g/mol. The molecule has 0 bridgehead atoms. The second kappa shape index (κ2) is 8.22. The van der Waals surface area contributed by atoms with Gasteiger partial charge in [0.25, 0.3) is 5.56 Å². The summed E-state index contributed by atoms with van der Waals surface area (Å²) in [7, 11) is 0. The van der Waals surface area contributed by atoms with Crippen LogP contribution in [0, 0.1) is 0 Å². The van der Waals surface area contributed by atoms with Crippen LogP contribution in [-0.2, 0) is 16.0 Å². The van der Waals surface area contributed by atoms with E-state index in [1.54, 1.807) is 6.07 Å². The molecule has 3 aromatic rings. The Kier molecular flexibility index (Phi) is 5.34. The van der Waals surface area contributed by atoms with Crippen molar-refractivity contribution in [2.24, 2.45) is 0 Å². The summed E-state index contributed by atoms with van der Waals surface area (Å²) < 4.78 is 5.36. The van der Waals surface area contributed by atoms with E-state index in [9.17, 15) is 9.59 Å². The molecule has 1 aliphatic rings. The van der Waals surface area contributed by atoms with Gasteiger partial charge in [0.1, 0.15) is 5.69 Å². The molecule has 28 heavy (non-hydrogen) atoms. The minimum atomic E-state index is -0.249. The number of hydrogen-bond acceptors (Lipinski definition) is 5. The molecule has 0 radical (unpaired) electrons. The van der Waals surface area contributed by atoms with Crippen molar-refractivity contribution >= 4 is 28.3 Å². The van der Waals surface area contributed by atoms with Crippen molar-refractivity contribution in [2.75, 3.05) is 36.5 Å². The predicted octanol–water partition coefficient (Wildman–Crippen LogP) is 2.33. The number of fused-ring (bicyclic) bond motifs is 1. The van der Waals surface area contributed by atoms with Gasteiger partial charge in [0.05, 0.1) is 24.2 Å². The first-order valence-electron chi connectivity index (χ1n) is 9.39. The van der Waals surface area contributed by atoms with Gasteiger partial charge in [-0.2, -0.15) is 0 Å². The Bertz CT molecular complexity index is 1020. The molecule has 0 saturated carbocycles. The summed E-state index contributed by atoms with van der Waals surface area (Å²) in [4.78, 5) is 33.8. The number of rotatable bonds is 5. The maximum Gasteiger partial charge on any atom is 0.270 e. The van der Waals surface area contributed by atoms with Crippen LogP contribution < -0.4 is 15.8 Å². The number of ether oxygens (including phenoxy) is 1. The van der Waals surface area contributed by atoms with E-state index in [2.05, 4.69) is 20.2 Å². The van der Waals surface area contributed by atoms with Crippen LogP contribution in [0.3, 0.4) is 0 Å². The number of morpholine rings is 1. The van der Waals surface area contributed by atoms with E-state index in [1.165, 1.54) is 0 Å². The molecule has 0 aliphatic carbocycles. The average Bonchev–Trinajstić information content (AvgIpc) is 2.73. The van der Waals surface area contributed by atoms with Gasteiger partial charge in [-0.05, 0) is 36.4 Å². The molecule has 4 rings (SSSR count). The lowest BCUT2D eigenvalue weighted by Crippen LogP contribution is -2.36. The second-order valence-electron chi connectivity index (χ2n) is 6.72. The third kappa shape index (κ3) is 4.20. The van der Waals surface area contributed by atoms with Crippen molar-refractivity contribution in [3.63, 3.8) is 0 Å². The van der Waals surface area contributed by atoms with Crippen molar-refractivity contribution in [1.82, 2.24) is 9.97 Å². The van der Waals surface area contributed by atoms with E-state index >= 15 is 0 Å². The lowest BCUT2D eigenvalue weighted by Gasteiger charge is -2.28. The maximum atomic E-state index is 12.3. The zero-order valence-corrected chi connectivity index (χ0v) is 15.5. The molecule has 144 valence electrons. The highest BCUT2D eigenvalue weighted by molar-refractivity contribution is 5.91. The van der Waals surface area contributed by atoms with E-state index in [1.807, 2.05) is 42.5 Å². The van der Waals surface area contributed by atoms with Gasteiger partial charge in [-0.1, -0.05) is 12.1 Å². The molecule has 0 spiro atoms. The normalized spacial score (nSPS) is 14.2. The second-order valence-corrected chi connectivity index (χ2v) is 6.72. The van der Waals surface area contributed by atoms with E-state index in [4.69, 9.17) is 4.74 Å². The number of nitrogens with one attached hydrogen (secondary N) is 2. The summed E-state index contributed by atoms with van der Waals surface area (Å²) in [6.45, 7) is 3.22. The number of para-hydroxylation sites is 2. The van der Waals surface area contributed by atoms with Crippen LogP contribution in [0.2, 0.25) is 0 Å². The van der Waals surface area contributed by atoms with Gasteiger partial charge in [0, 0.05) is 37.3 Å². The highest BCUT2D eigenvalue weighted by Gasteiger charge is 2.12. The molecule has 1 aromatic heterocycles. The largest absolute Gasteiger partial charge is 0.378 e. The molecular formula is C21H22N4O3. The Morgan fingerprint density at radius 2 is 1.86 bits per heavy atom. The van der Waals surface area contributed by atoms with Crippen LogP contribution in [0.15, 0.2) is 53.3 Å². The third-order valence-corrected chi connectivity index (χ3v) is 4.79. The Morgan fingerprint density at radius 3 is 2.64 bits per heavy atom. The highest BCUT2D eigenvalue weighted by Crippen LogP contribution is 2.19. The molecule has 2 heterocycles. The molecule has 1 aliphatic heterocycles. The van der Waals surface area contributed by atoms with Crippen LogP contribution in [0.4, 0.5) is 11.4 Å². The van der Waals surface area contributed by atoms with Gasteiger partial charge in [0.2, 0.25) is 5.91 Å². The number of benzene rings is 2. The molecule has 7 nitrogen and oxygen atoms in total. The smallest absolute Gasteiger partial charge is 0.270 e. The van der Waals surface area contributed by atoms with Crippen LogP contribution in [0.25, 0.3) is 11.0 Å². The van der Waals surface area contributed by atoms with Crippen molar-refractivity contribution in [3.05, 3.63) is 64.6 Å². The quantitative estimate of drug-likeness (QED) is 0.712. The van der Waals surface area contributed by atoms with Crippen molar-refractivity contribution in [2.45, 2.75) is 12.8 Å². The topological polar surface area (TPSA) is 87.3 Å². The van der Waals surface area contributed by atoms with Crippen LogP contribution in [0.1, 0.15) is 12.1 Å². The lowest BCUT2D eigenvalue weighted by atomic mass is 10.2. The highest BCUT2D eigenvalue weighted by atomic mass is 16.5. The van der Waals surface area contributed by atoms with Crippen molar-refractivity contribution in [3.8, 4) is 0 Å². The van der Waals surface area contributed by atoms with Crippen molar-refractivity contribution in [1.29, 1.82) is 0 Å². The number of H-pyrrole nitrogens is 1. The number of anilines is 2. The molecule has 2 N–H and O–H groups in total. The molecule has 0 atom stereocenters. The fraction of sp³-hybridized carbons (Fsp3) is 0.286. The number of hydrogen-bond donors (Lipinski definition) is 2. The van der Waals surface area contributed by atoms with E-state index in [0.717, 1.165) is 43.2 Å². The van der Waals surface area contributed by atoms with Gasteiger partial charge in [-0.25, -0.2) is 4.98 Å². The lowest BCUT2D eigenvalue weighted by molar-refractivity contribution is -0.116. The Balaban J connectivity index is 1.35. The minimum absolute atomic E-state index is 0.145. The zero-order chi connectivity index (χ0) is 19.3. The molecule has 1 saturated heterocycles. The van der Waals surface area contributed by atoms with E-state index in [0.29, 0.717) is 11.2 Å². The number of aryl methyl sites for hydroxylation is 1. The Labute approximate surface area is 162 Å². The van der Waals surface area contributed by atoms with E-state index < -0.39 is 0 Å². The number of carbonyl (C=O) groups is 1. The van der Waals surface area contributed by atoms with E-state index in [-0.39, 0.29) is 24.3 Å². The number of carbonyl (C=O) groups excluding carboxylic acids is 1.